The van der Waals surface area contributed by atoms with Crippen LogP contribution in [0.4, 0.5) is 0 Å². The molecule has 14 heteroatoms. The molecule has 14 nitrogen and oxygen atoms in total. The van der Waals surface area contributed by atoms with Gasteiger partial charge in [-0.2, -0.15) is 0 Å². The molecule has 0 spiro atoms. The Hall–Kier alpha value is -3.07. The van der Waals surface area contributed by atoms with Crippen LogP contribution < -0.4 is 22.5 Å². The summed E-state index contributed by atoms with van der Waals surface area (Å²) in [5, 5.41) is 35.8. The lowest BCUT2D eigenvalue weighted by atomic mass is 10.0. The first-order valence-electron chi connectivity index (χ1n) is 10.6. The van der Waals surface area contributed by atoms with Crippen molar-refractivity contribution in [3.63, 3.8) is 0 Å². The fourth-order valence-corrected chi connectivity index (χ4v) is 2.11. The van der Waals surface area contributed by atoms with Gasteiger partial charge in [-0.05, 0) is 32.2 Å². The summed E-state index contributed by atoms with van der Waals surface area (Å²) in [6, 6.07) is -2.56. The lowest BCUT2D eigenvalue weighted by Crippen LogP contribution is -2.36. The molecule has 1 aliphatic heterocycles. The summed E-state index contributed by atoms with van der Waals surface area (Å²) >= 11 is 0. The average molecular weight is 491 g/mol. The number of nitrogens with zero attached hydrogens (tertiary/aromatic N) is 1. The molecule has 2 heterocycles. The smallest absolute Gasteiger partial charge is 0.320 e. The van der Waals surface area contributed by atoms with Gasteiger partial charge in [0, 0.05) is 12.6 Å². The molecule has 0 unspecified atom stereocenters. The number of carboxylic acid groups (broad SMARTS) is 4. The Morgan fingerprint density at radius 3 is 1.85 bits per heavy atom. The third-order valence-electron chi connectivity index (χ3n) is 4.59. The Balaban J connectivity index is 0. The number of H-pyrrole nitrogens is 1. The van der Waals surface area contributed by atoms with Crippen LogP contribution >= 0.6 is 0 Å². The highest BCUT2D eigenvalue weighted by molar-refractivity contribution is 5.74. The second-order valence-corrected chi connectivity index (χ2v) is 7.57. The topological polar surface area (TPSA) is 268 Å². The van der Waals surface area contributed by atoms with E-state index in [1.165, 1.54) is 13.3 Å². The molecule has 0 bridgehead atoms. The maximum atomic E-state index is 10.3. The SMILES string of the molecule is CC[C@H](C)[C@H](N)C(=O)O.C[C@H](N)C(=O)O.N[C@@H](Cc1c[nH]cn1)C(=O)O.O=C(O)[C@@H]1CCCN1. The van der Waals surface area contributed by atoms with E-state index < -0.39 is 42.0 Å². The number of aliphatic carboxylic acids is 4. The average Bonchev–Trinajstić information content (AvgIpc) is 3.48. The van der Waals surface area contributed by atoms with E-state index in [0.717, 1.165) is 25.8 Å². The first-order chi connectivity index (χ1) is 15.7. The molecule has 0 amide bonds. The lowest BCUT2D eigenvalue weighted by molar-refractivity contribution is -0.140. The Labute approximate surface area is 197 Å². The zero-order valence-electron chi connectivity index (χ0n) is 19.7. The molecule has 1 saturated heterocycles. The summed E-state index contributed by atoms with van der Waals surface area (Å²) in [7, 11) is 0. The second kappa shape index (κ2) is 18.4. The van der Waals surface area contributed by atoms with Crippen LogP contribution in [-0.2, 0) is 25.6 Å². The highest BCUT2D eigenvalue weighted by atomic mass is 16.4. The molecule has 1 aromatic heterocycles. The first kappa shape index (κ1) is 33.1. The van der Waals surface area contributed by atoms with E-state index in [4.69, 9.17) is 37.6 Å². The molecule has 0 radical (unpaired) electrons. The van der Waals surface area contributed by atoms with Gasteiger partial charge < -0.3 is 47.9 Å². The number of carbonyl (C=O) groups is 4. The summed E-state index contributed by atoms with van der Waals surface area (Å²) in [5.41, 5.74) is 16.0. The van der Waals surface area contributed by atoms with E-state index in [1.54, 1.807) is 6.20 Å². The quantitative estimate of drug-likeness (QED) is 0.213. The maximum absolute atomic E-state index is 10.3. The van der Waals surface area contributed by atoms with Crippen LogP contribution in [-0.4, -0.2) is 85.0 Å². The van der Waals surface area contributed by atoms with Crippen LogP contribution in [0, 0.1) is 5.92 Å². The molecule has 12 N–H and O–H groups in total. The van der Waals surface area contributed by atoms with Crippen molar-refractivity contribution in [1.82, 2.24) is 15.3 Å². The molecule has 0 saturated carbocycles. The third kappa shape index (κ3) is 16.5. The van der Waals surface area contributed by atoms with E-state index in [1.807, 2.05) is 13.8 Å². The zero-order chi connectivity index (χ0) is 26.8. The van der Waals surface area contributed by atoms with Gasteiger partial charge in [0.15, 0.2) is 0 Å². The molecule has 196 valence electrons. The van der Waals surface area contributed by atoms with Crippen molar-refractivity contribution in [1.29, 1.82) is 0 Å². The lowest BCUT2D eigenvalue weighted by Gasteiger charge is -2.11. The molecule has 1 aromatic rings. The summed E-state index contributed by atoms with van der Waals surface area (Å²) in [6.45, 7) is 6.03. The van der Waals surface area contributed by atoms with Crippen LogP contribution in [0.5, 0.6) is 0 Å². The van der Waals surface area contributed by atoms with E-state index in [9.17, 15) is 19.2 Å². The van der Waals surface area contributed by atoms with Crippen molar-refractivity contribution < 1.29 is 39.6 Å². The van der Waals surface area contributed by atoms with E-state index in [0.29, 0.717) is 5.69 Å². The van der Waals surface area contributed by atoms with Crippen molar-refractivity contribution in [3.05, 3.63) is 18.2 Å². The molecular weight excluding hydrogens is 452 g/mol. The van der Waals surface area contributed by atoms with E-state index in [-0.39, 0.29) is 18.4 Å². The standard InChI is InChI=1S/C6H9N3O2.C6H13NO2.C5H9NO2.C3H7NO2/c7-5(6(10)11)1-4-2-8-3-9-4;1-3-4(2)5(7)6(8)9;7-5(8)4-2-1-3-6-4;1-2(4)3(5)6/h2-3,5H,1,7H2,(H,8,9)(H,10,11);4-5H,3,7H2,1-2H3,(H,8,9);4,6H,1-3H2,(H,7,8);2H,4H2,1H3,(H,5,6)/t5-;4-,5-;4-;2-/m0000/s1. The Kier molecular flexibility index (Phi) is 17.9. The summed E-state index contributed by atoms with van der Waals surface area (Å²) in [6.07, 6.45) is 5.98. The minimum absolute atomic E-state index is 0.0718. The minimum atomic E-state index is -1.01. The van der Waals surface area contributed by atoms with E-state index in [2.05, 4.69) is 15.3 Å². The van der Waals surface area contributed by atoms with Gasteiger partial charge in [0.25, 0.3) is 0 Å². The molecule has 2 rings (SSSR count). The minimum Gasteiger partial charge on any atom is -0.480 e. The van der Waals surface area contributed by atoms with Gasteiger partial charge in [0.05, 0.1) is 12.0 Å². The Bertz CT molecular complexity index is 723. The highest BCUT2D eigenvalue weighted by Crippen LogP contribution is 2.04. The highest BCUT2D eigenvalue weighted by Gasteiger charge is 2.20. The number of nitrogens with two attached hydrogens (primary N) is 3. The van der Waals surface area contributed by atoms with Gasteiger partial charge in [-0.1, -0.05) is 20.3 Å². The molecule has 1 fully saturated rings. The largest absolute Gasteiger partial charge is 0.480 e. The number of hydrogen-bond donors (Lipinski definition) is 9. The predicted molar refractivity (Wildman–Crippen MR) is 123 cm³/mol. The van der Waals surface area contributed by atoms with Crippen molar-refractivity contribution >= 4 is 23.9 Å². The summed E-state index contributed by atoms with van der Waals surface area (Å²) < 4.78 is 0. The molecular formula is C20H38N6O8. The number of hydrogen-bond acceptors (Lipinski definition) is 9. The molecule has 5 atom stereocenters. The van der Waals surface area contributed by atoms with Crippen molar-refractivity contribution in [2.45, 2.75) is 70.6 Å². The molecule has 0 aromatic carbocycles. The monoisotopic (exact) mass is 490 g/mol. The summed E-state index contributed by atoms with van der Waals surface area (Å²) in [5.74, 6) is -3.53. The fourth-order valence-electron chi connectivity index (χ4n) is 2.11. The van der Waals surface area contributed by atoms with Crippen LogP contribution in [0.3, 0.4) is 0 Å². The van der Waals surface area contributed by atoms with Gasteiger partial charge in [-0.25, -0.2) is 4.98 Å². The van der Waals surface area contributed by atoms with Crippen LogP contribution in [0.25, 0.3) is 0 Å². The number of rotatable bonds is 8. The van der Waals surface area contributed by atoms with Crippen molar-refractivity contribution in [2.24, 2.45) is 23.1 Å². The predicted octanol–water partition coefficient (Wildman–Crippen LogP) is -0.950. The van der Waals surface area contributed by atoms with Crippen LogP contribution in [0.2, 0.25) is 0 Å². The number of aromatic nitrogens is 2. The maximum Gasteiger partial charge on any atom is 0.320 e. The Morgan fingerprint density at radius 1 is 1.06 bits per heavy atom. The van der Waals surface area contributed by atoms with Gasteiger partial charge >= 0.3 is 23.9 Å². The van der Waals surface area contributed by atoms with Gasteiger partial charge in [-0.15, -0.1) is 0 Å². The van der Waals surface area contributed by atoms with Gasteiger partial charge in [0.1, 0.15) is 24.2 Å². The Morgan fingerprint density at radius 2 is 1.62 bits per heavy atom. The second-order valence-electron chi connectivity index (χ2n) is 7.57. The third-order valence-corrected chi connectivity index (χ3v) is 4.59. The molecule has 1 aliphatic rings. The van der Waals surface area contributed by atoms with E-state index >= 15 is 0 Å². The zero-order valence-corrected chi connectivity index (χ0v) is 19.7. The first-order valence-corrected chi connectivity index (χ1v) is 10.6. The van der Waals surface area contributed by atoms with Crippen LogP contribution in [0.1, 0.15) is 45.7 Å². The number of aromatic amines is 1. The fraction of sp³-hybridized carbons (Fsp3) is 0.650. The van der Waals surface area contributed by atoms with Crippen molar-refractivity contribution in [3.8, 4) is 0 Å². The van der Waals surface area contributed by atoms with Crippen molar-refractivity contribution in [2.75, 3.05) is 6.54 Å². The number of carboxylic acids is 4. The molecule has 0 aliphatic carbocycles. The molecule has 34 heavy (non-hydrogen) atoms. The number of imidazole rings is 1. The van der Waals surface area contributed by atoms with Gasteiger partial charge in [0.2, 0.25) is 0 Å². The number of nitrogens with one attached hydrogen (secondary N) is 2. The summed E-state index contributed by atoms with van der Waals surface area (Å²) in [4.78, 5) is 46.7. The normalized spacial score (nSPS) is 17.6. The van der Waals surface area contributed by atoms with Gasteiger partial charge in [-0.3, -0.25) is 19.2 Å². The van der Waals surface area contributed by atoms with Crippen LogP contribution in [0.15, 0.2) is 12.5 Å².